The first-order valence-electron chi connectivity index (χ1n) is 9.65. The van der Waals surface area contributed by atoms with Crippen molar-refractivity contribution in [1.82, 2.24) is 4.98 Å². The number of hydrogen-bond donors (Lipinski definition) is 5. The van der Waals surface area contributed by atoms with Gasteiger partial charge in [0.2, 0.25) is 0 Å². The first-order chi connectivity index (χ1) is 17.2. The van der Waals surface area contributed by atoms with Crippen molar-refractivity contribution >= 4 is 74.6 Å². The molecule has 1 heterocycles. The molecule has 0 aliphatic rings. The second-order valence-electron chi connectivity index (χ2n) is 7.27. The SMILES string of the molecule is Nc1cc(S(=O)(=O)O)cc2cc(S(=O)(=O)O)c(N=Nc3ccc(S(=O)(=O)Nc4nccs4)cc3)c(O)c12. The van der Waals surface area contributed by atoms with E-state index >= 15 is 0 Å². The van der Waals surface area contributed by atoms with Crippen LogP contribution in [0.5, 0.6) is 5.75 Å². The van der Waals surface area contributed by atoms with E-state index < -0.39 is 51.5 Å². The number of nitrogens with one attached hydrogen (secondary N) is 1. The minimum absolute atomic E-state index is 0.0451. The van der Waals surface area contributed by atoms with Crippen LogP contribution in [0, 0.1) is 0 Å². The Balaban J connectivity index is 1.77. The first kappa shape index (κ1) is 26.4. The summed E-state index contributed by atoms with van der Waals surface area (Å²) in [5, 5.41) is 19.5. The summed E-state index contributed by atoms with van der Waals surface area (Å²) in [7, 11) is -13.7. The average molecular weight is 586 g/mol. The van der Waals surface area contributed by atoms with Crippen LogP contribution in [0.15, 0.2) is 79.0 Å². The molecule has 0 radical (unpaired) electrons. The molecule has 194 valence electrons. The summed E-state index contributed by atoms with van der Waals surface area (Å²) in [6, 6.07) is 7.37. The summed E-state index contributed by atoms with van der Waals surface area (Å²) in [6.07, 6.45) is 1.43. The molecule has 0 amide bonds. The number of phenolic OH excluding ortho intramolecular Hbond substituents is 1. The Kier molecular flexibility index (Phi) is 6.65. The zero-order valence-electron chi connectivity index (χ0n) is 18.0. The van der Waals surface area contributed by atoms with Crippen molar-refractivity contribution < 1.29 is 39.5 Å². The number of thiazole rings is 1. The molecular formula is C19H15N5O9S4. The first-order valence-corrected chi connectivity index (χ1v) is 14.9. The number of nitrogens with zero attached hydrogens (tertiary/aromatic N) is 3. The van der Waals surface area contributed by atoms with Gasteiger partial charge in [-0.2, -0.15) is 21.9 Å². The standard InChI is InChI=1S/C19H15N5O9S4/c20-14-9-13(36(28,29)30)7-10-8-15(37(31,32)33)17(18(25)16(10)14)23-22-11-1-3-12(4-2-11)35(26,27)24-19-21-5-6-34-19/h1-9,25H,20H2,(H,21,24)(H,28,29,30)(H,31,32,33). The fraction of sp³-hybridized carbons (Fsp3) is 0. The number of azo groups is 1. The van der Waals surface area contributed by atoms with Gasteiger partial charge in [0, 0.05) is 22.7 Å². The maximum Gasteiger partial charge on any atom is 0.296 e. The minimum atomic E-state index is -5.02. The molecule has 0 atom stereocenters. The molecule has 0 fully saturated rings. The van der Waals surface area contributed by atoms with Crippen LogP contribution in [0.2, 0.25) is 0 Å². The van der Waals surface area contributed by atoms with E-state index in [1.165, 1.54) is 30.5 Å². The van der Waals surface area contributed by atoms with Crippen molar-refractivity contribution in [3.8, 4) is 5.75 Å². The molecule has 0 unspecified atom stereocenters. The van der Waals surface area contributed by atoms with E-state index in [0.29, 0.717) is 0 Å². The van der Waals surface area contributed by atoms with Crippen LogP contribution in [0.4, 0.5) is 22.2 Å². The number of fused-ring (bicyclic) bond motifs is 1. The molecule has 4 rings (SSSR count). The van der Waals surface area contributed by atoms with E-state index in [4.69, 9.17) is 5.73 Å². The van der Waals surface area contributed by atoms with E-state index in [1.54, 1.807) is 5.38 Å². The molecule has 4 aromatic rings. The summed E-state index contributed by atoms with van der Waals surface area (Å²) >= 11 is 1.08. The molecule has 0 bridgehead atoms. The number of aromatic nitrogens is 1. The Morgan fingerprint density at radius 2 is 1.57 bits per heavy atom. The van der Waals surface area contributed by atoms with Crippen LogP contribution in [0.1, 0.15) is 0 Å². The normalized spacial score (nSPS) is 12.8. The van der Waals surface area contributed by atoms with Crippen LogP contribution >= 0.6 is 11.3 Å². The van der Waals surface area contributed by atoms with Gasteiger partial charge in [-0.1, -0.05) is 0 Å². The molecule has 0 saturated carbocycles. The number of phenols is 1. The third-order valence-corrected chi connectivity index (χ3v) is 8.67. The number of aromatic hydroxyl groups is 1. The predicted octanol–water partition coefficient (Wildman–Crippen LogP) is 3.29. The highest BCUT2D eigenvalue weighted by molar-refractivity contribution is 7.93. The summed E-state index contributed by atoms with van der Waals surface area (Å²) in [4.78, 5) is 2.11. The lowest BCUT2D eigenvalue weighted by molar-refractivity contribution is 0.472. The van der Waals surface area contributed by atoms with E-state index in [2.05, 4.69) is 19.9 Å². The molecule has 0 spiro atoms. The van der Waals surface area contributed by atoms with Crippen molar-refractivity contribution in [2.75, 3.05) is 10.5 Å². The van der Waals surface area contributed by atoms with Crippen LogP contribution < -0.4 is 10.5 Å². The van der Waals surface area contributed by atoms with Crippen molar-refractivity contribution in [3.63, 3.8) is 0 Å². The Bertz CT molecular complexity index is 1870. The predicted molar refractivity (Wildman–Crippen MR) is 133 cm³/mol. The quantitative estimate of drug-likeness (QED) is 0.120. The maximum absolute atomic E-state index is 12.4. The van der Waals surface area contributed by atoms with Gasteiger partial charge in [0.1, 0.15) is 10.6 Å². The molecule has 0 saturated heterocycles. The number of nitrogens with two attached hydrogens (primary N) is 1. The minimum Gasteiger partial charge on any atom is -0.505 e. The lowest BCUT2D eigenvalue weighted by Gasteiger charge is -2.12. The van der Waals surface area contributed by atoms with E-state index in [0.717, 1.165) is 29.5 Å². The second kappa shape index (κ2) is 9.32. The van der Waals surface area contributed by atoms with Gasteiger partial charge in [0.25, 0.3) is 30.3 Å². The molecule has 0 aliphatic carbocycles. The number of hydrogen-bond acceptors (Lipinski definition) is 12. The van der Waals surface area contributed by atoms with E-state index in [9.17, 15) is 39.5 Å². The fourth-order valence-electron chi connectivity index (χ4n) is 3.18. The molecule has 0 aliphatic heterocycles. The number of benzene rings is 3. The van der Waals surface area contributed by atoms with Gasteiger partial charge in [0.15, 0.2) is 10.9 Å². The van der Waals surface area contributed by atoms with Gasteiger partial charge in [-0.25, -0.2) is 13.4 Å². The Morgan fingerprint density at radius 1 is 0.892 bits per heavy atom. The van der Waals surface area contributed by atoms with E-state index in [-0.39, 0.29) is 32.2 Å². The molecule has 37 heavy (non-hydrogen) atoms. The van der Waals surface area contributed by atoms with Crippen LogP contribution in [0.3, 0.4) is 0 Å². The highest BCUT2D eigenvalue weighted by Crippen LogP contribution is 2.44. The summed E-state index contributed by atoms with van der Waals surface area (Å²) in [5.74, 6) is -0.847. The fourth-order valence-corrected chi connectivity index (χ4v) is 6.18. The van der Waals surface area contributed by atoms with Crippen LogP contribution in [-0.2, 0) is 30.3 Å². The highest BCUT2D eigenvalue weighted by atomic mass is 32.2. The monoisotopic (exact) mass is 585 g/mol. The lowest BCUT2D eigenvalue weighted by atomic mass is 10.1. The molecule has 18 heteroatoms. The zero-order chi connectivity index (χ0) is 27.2. The number of nitrogen functional groups attached to an aromatic ring is 1. The average Bonchev–Trinajstić information content (AvgIpc) is 3.29. The third-order valence-electron chi connectivity index (χ3n) is 4.80. The number of anilines is 2. The Morgan fingerprint density at radius 3 is 2.14 bits per heavy atom. The summed E-state index contributed by atoms with van der Waals surface area (Å²) < 4.78 is 93.0. The lowest BCUT2D eigenvalue weighted by Crippen LogP contribution is -2.12. The Hall–Kier alpha value is -3.68. The zero-order valence-corrected chi connectivity index (χ0v) is 21.3. The van der Waals surface area contributed by atoms with Crippen LogP contribution in [0.25, 0.3) is 10.8 Å². The molecule has 14 nitrogen and oxygen atoms in total. The van der Waals surface area contributed by atoms with E-state index in [1.807, 2.05) is 0 Å². The second-order valence-corrected chi connectivity index (χ2v) is 12.7. The third kappa shape index (κ3) is 5.53. The van der Waals surface area contributed by atoms with Crippen molar-refractivity contribution in [2.24, 2.45) is 10.2 Å². The van der Waals surface area contributed by atoms with Gasteiger partial charge in [-0.05, 0) is 47.9 Å². The summed E-state index contributed by atoms with van der Waals surface area (Å²) in [5.41, 5.74) is 4.79. The van der Waals surface area contributed by atoms with Crippen LogP contribution in [-0.4, -0.2) is 44.4 Å². The van der Waals surface area contributed by atoms with Gasteiger partial charge in [-0.3, -0.25) is 13.8 Å². The van der Waals surface area contributed by atoms with Crippen molar-refractivity contribution in [3.05, 3.63) is 54.0 Å². The molecule has 3 aromatic carbocycles. The smallest absolute Gasteiger partial charge is 0.296 e. The van der Waals surface area contributed by atoms with Gasteiger partial charge < -0.3 is 10.8 Å². The number of sulfonamides is 1. The van der Waals surface area contributed by atoms with Gasteiger partial charge in [0.05, 0.1) is 15.5 Å². The molecule has 1 aromatic heterocycles. The summed E-state index contributed by atoms with van der Waals surface area (Å²) in [6.45, 7) is 0. The van der Waals surface area contributed by atoms with Gasteiger partial charge >= 0.3 is 0 Å². The number of rotatable bonds is 7. The van der Waals surface area contributed by atoms with Gasteiger partial charge in [-0.15, -0.1) is 16.5 Å². The molecular weight excluding hydrogens is 571 g/mol. The van der Waals surface area contributed by atoms with Crippen molar-refractivity contribution in [1.29, 1.82) is 0 Å². The maximum atomic E-state index is 12.4. The Labute approximate surface area is 213 Å². The topological polar surface area (TPSA) is 239 Å². The molecule has 6 N–H and O–H groups in total. The van der Waals surface area contributed by atoms with Crippen molar-refractivity contribution in [2.45, 2.75) is 14.7 Å². The highest BCUT2D eigenvalue weighted by Gasteiger charge is 2.25. The largest absolute Gasteiger partial charge is 0.505 e.